The fourth-order valence-corrected chi connectivity index (χ4v) is 3.01. The molecular weight excluding hydrogens is 356 g/mol. The highest BCUT2D eigenvalue weighted by Crippen LogP contribution is 2.15. The average Bonchev–Trinajstić information content (AvgIpc) is 2.72. The van der Waals surface area contributed by atoms with Crippen molar-refractivity contribution in [1.29, 1.82) is 0 Å². The smallest absolute Gasteiger partial charge is 0.307 e. The van der Waals surface area contributed by atoms with E-state index in [2.05, 4.69) is 30.9 Å². The van der Waals surface area contributed by atoms with Gasteiger partial charge in [0, 0.05) is 38.8 Å². The average molecular weight is 389 g/mol. The van der Waals surface area contributed by atoms with E-state index < -0.39 is 0 Å². The number of methoxy groups -OCH3 is 1. The Morgan fingerprint density at radius 1 is 1.18 bits per heavy atom. The van der Waals surface area contributed by atoms with Crippen LogP contribution in [0, 0.1) is 0 Å². The zero-order chi connectivity index (χ0) is 20.4. The number of ether oxygens (including phenoxy) is 2. The van der Waals surface area contributed by atoms with Gasteiger partial charge in [-0.3, -0.25) is 14.5 Å². The van der Waals surface area contributed by atoms with E-state index in [-0.39, 0.29) is 18.3 Å². The van der Waals surface area contributed by atoms with Crippen LogP contribution in [0.5, 0.6) is 0 Å². The number of morpholine rings is 1. The number of nitrogens with zero attached hydrogens (tertiary/aromatic N) is 2. The van der Waals surface area contributed by atoms with Crippen LogP contribution in [-0.4, -0.2) is 74.7 Å². The maximum atomic E-state index is 12.7. The minimum absolute atomic E-state index is 0.0925. The summed E-state index contributed by atoms with van der Waals surface area (Å²) in [6.45, 7) is 9.20. The van der Waals surface area contributed by atoms with E-state index in [4.69, 9.17) is 9.47 Å². The van der Waals surface area contributed by atoms with Crippen LogP contribution in [0.4, 0.5) is 0 Å². The van der Waals surface area contributed by atoms with E-state index in [9.17, 15) is 9.59 Å². The number of benzene rings is 1. The van der Waals surface area contributed by atoms with Crippen molar-refractivity contribution >= 4 is 18.0 Å². The van der Waals surface area contributed by atoms with Gasteiger partial charge in [-0.15, -0.1) is 0 Å². The normalized spacial score (nSPS) is 15.1. The largest absolute Gasteiger partial charge is 0.469 e. The molecular formula is C22H32N2O4. The third-order valence-corrected chi connectivity index (χ3v) is 4.94. The van der Waals surface area contributed by atoms with Crippen LogP contribution in [0.15, 0.2) is 30.3 Å². The summed E-state index contributed by atoms with van der Waals surface area (Å²) in [5.41, 5.74) is 2.26. The lowest BCUT2D eigenvalue weighted by molar-refractivity contribution is -0.141. The summed E-state index contributed by atoms with van der Waals surface area (Å²) >= 11 is 0. The summed E-state index contributed by atoms with van der Waals surface area (Å²) < 4.78 is 10.1. The second-order valence-electron chi connectivity index (χ2n) is 7.26. The predicted molar refractivity (Wildman–Crippen MR) is 110 cm³/mol. The Balaban J connectivity index is 1.96. The molecule has 28 heavy (non-hydrogen) atoms. The molecule has 0 bridgehead atoms. The van der Waals surface area contributed by atoms with Gasteiger partial charge in [-0.25, -0.2) is 0 Å². The molecule has 0 saturated carbocycles. The number of carbonyl (C=O) groups is 2. The topological polar surface area (TPSA) is 59.1 Å². The molecule has 6 heteroatoms. The van der Waals surface area contributed by atoms with E-state index in [1.165, 1.54) is 12.7 Å². The lowest BCUT2D eigenvalue weighted by atomic mass is 10.0. The molecule has 6 nitrogen and oxygen atoms in total. The summed E-state index contributed by atoms with van der Waals surface area (Å²) in [5.74, 6) is 0.0798. The quantitative estimate of drug-likeness (QED) is 0.481. The van der Waals surface area contributed by atoms with Gasteiger partial charge in [0.2, 0.25) is 5.91 Å². The first-order chi connectivity index (χ1) is 13.5. The second kappa shape index (κ2) is 11.6. The fourth-order valence-electron chi connectivity index (χ4n) is 3.01. The summed E-state index contributed by atoms with van der Waals surface area (Å²) in [6.07, 6.45) is 3.61. The van der Waals surface area contributed by atoms with Crippen LogP contribution < -0.4 is 0 Å². The van der Waals surface area contributed by atoms with Crippen molar-refractivity contribution in [2.75, 3.05) is 53.0 Å². The van der Waals surface area contributed by atoms with E-state index in [1.54, 1.807) is 11.0 Å². The Labute approximate surface area is 168 Å². The minimum Gasteiger partial charge on any atom is -0.469 e. The van der Waals surface area contributed by atoms with Crippen molar-refractivity contribution < 1.29 is 19.1 Å². The molecule has 0 aromatic heterocycles. The van der Waals surface area contributed by atoms with Gasteiger partial charge in [0.05, 0.1) is 26.7 Å². The van der Waals surface area contributed by atoms with Crippen molar-refractivity contribution in [2.24, 2.45) is 0 Å². The summed E-state index contributed by atoms with van der Waals surface area (Å²) in [7, 11) is 1.36. The summed E-state index contributed by atoms with van der Waals surface area (Å²) in [6, 6.07) is 8.21. The Hall–Kier alpha value is -2.18. The van der Waals surface area contributed by atoms with E-state index in [0.29, 0.717) is 19.0 Å². The Bertz CT molecular complexity index is 649. The van der Waals surface area contributed by atoms with Gasteiger partial charge in [0.1, 0.15) is 0 Å². The highest BCUT2D eigenvalue weighted by molar-refractivity contribution is 5.92. The third kappa shape index (κ3) is 7.44. The molecule has 154 valence electrons. The molecule has 1 amide bonds. The molecule has 0 spiro atoms. The van der Waals surface area contributed by atoms with Gasteiger partial charge in [-0.2, -0.15) is 0 Å². The first kappa shape index (κ1) is 22.1. The van der Waals surface area contributed by atoms with Crippen molar-refractivity contribution in [3.05, 3.63) is 41.5 Å². The van der Waals surface area contributed by atoms with Crippen LogP contribution in [0.2, 0.25) is 0 Å². The molecule has 1 aliphatic heterocycles. The standard InChI is InChI=1S/C22H32N2O4/c1-18(2)20-7-4-19(5-8-20)6-9-21(25)24(11-10-22(26)27-3)13-12-23-14-16-28-17-15-23/h4-9,18H,10-17H2,1-3H3/b9-6+. The number of rotatable bonds is 9. The summed E-state index contributed by atoms with van der Waals surface area (Å²) in [4.78, 5) is 28.2. The van der Waals surface area contributed by atoms with Gasteiger partial charge in [-0.1, -0.05) is 38.1 Å². The van der Waals surface area contributed by atoms with Crippen molar-refractivity contribution in [3.63, 3.8) is 0 Å². The summed E-state index contributed by atoms with van der Waals surface area (Å²) in [5, 5.41) is 0. The monoisotopic (exact) mass is 388 g/mol. The van der Waals surface area contributed by atoms with Crippen molar-refractivity contribution in [2.45, 2.75) is 26.2 Å². The molecule has 1 saturated heterocycles. The van der Waals surface area contributed by atoms with Gasteiger partial charge >= 0.3 is 5.97 Å². The molecule has 0 radical (unpaired) electrons. The van der Waals surface area contributed by atoms with E-state index in [0.717, 1.165) is 38.4 Å². The van der Waals surface area contributed by atoms with Crippen LogP contribution in [0.3, 0.4) is 0 Å². The first-order valence-electron chi connectivity index (χ1n) is 9.93. The number of carbonyl (C=O) groups excluding carboxylic acids is 2. The second-order valence-corrected chi connectivity index (χ2v) is 7.26. The first-order valence-corrected chi connectivity index (χ1v) is 9.93. The minimum atomic E-state index is -0.308. The number of hydrogen-bond donors (Lipinski definition) is 0. The predicted octanol–water partition coefficient (Wildman–Crippen LogP) is 2.55. The Morgan fingerprint density at radius 2 is 1.86 bits per heavy atom. The number of amides is 1. The maximum Gasteiger partial charge on any atom is 0.307 e. The lowest BCUT2D eigenvalue weighted by Crippen LogP contribution is -2.43. The van der Waals surface area contributed by atoms with Crippen LogP contribution >= 0.6 is 0 Å². The molecule has 1 aromatic rings. The molecule has 1 aromatic carbocycles. The molecule has 0 atom stereocenters. The van der Waals surface area contributed by atoms with Crippen LogP contribution in [-0.2, 0) is 19.1 Å². The lowest BCUT2D eigenvalue weighted by Gasteiger charge is -2.29. The number of hydrogen-bond acceptors (Lipinski definition) is 5. The highest BCUT2D eigenvalue weighted by Gasteiger charge is 2.16. The third-order valence-electron chi connectivity index (χ3n) is 4.94. The van der Waals surface area contributed by atoms with Gasteiger partial charge < -0.3 is 14.4 Å². The molecule has 1 aliphatic rings. The fraction of sp³-hybridized carbons (Fsp3) is 0.545. The Kier molecular flexibility index (Phi) is 9.17. The van der Waals surface area contributed by atoms with E-state index in [1.807, 2.05) is 18.2 Å². The zero-order valence-electron chi connectivity index (χ0n) is 17.2. The van der Waals surface area contributed by atoms with Crippen LogP contribution in [0.1, 0.15) is 37.3 Å². The van der Waals surface area contributed by atoms with E-state index >= 15 is 0 Å². The van der Waals surface area contributed by atoms with Crippen molar-refractivity contribution in [1.82, 2.24) is 9.80 Å². The molecule has 2 rings (SSSR count). The van der Waals surface area contributed by atoms with Gasteiger partial charge in [0.25, 0.3) is 0 Å². The SMILES string of the molecule is COC(=O)CCN(CCN1CCOCC1)C(=O)/C=C/c1ccc(C(C)C)cc1. The molecule has 1 heterocycles. The zero-order valence-corrected chi connectivity index (χ0v) is 17.2. The van der Waals surface area contributed by atoms with Gasteiger partial charge in [0.15, 0.2) is 0 Å². The van der Waals surface area contributed by atoms with Crippen LogP contribution in [0.25, 0.3) is 6.08 Å². The van der Waals surface area contributed by atoms with Crippen molar-refractivity contribution in [3.8, 4) is 0 Å². The molecule has 0 N–H and O–H groups in total. The Morgan fingerprint density at radius 3 is 2.46 bits per heavy atom. The maximum absolute atomic E-state index is 12.7. The molecule has 0 aliphatic carbocycles. The molecule has 1 fully saturated rings. The van der Waals surface area contributed by atoms with Gasteiger partial charge in [-0.05, 0) is 23.1 Å². The highest BCUT2D eigenvalue weighted by atomic mass is 16.5. The molecule has 0 unspecified atom stereocenters. The number of esters is 1.